The van der Waals surface area contributed by atoms with E-state index in [1.165, 1.54) is 0 Å². The van der Waals surface area contributed by atoms with Gasteiger partial charge in [-0.15, -0.1) is 0 Å². The highest BCUT2D eigenvalue weighted by atomic mass is 32.2. The Balaban J connectivity index is 0.000000612. The number of rotatable bonds is 9. The van der Waals surface area contributed by atoms with Crippen LogP contribution in [0.25, 0.3) is 0 Å². The maximum Gasteiger partial charge on any atom is 0.414 e. The second kappa shape index (κ2) is 13.4. The third-order valence-corrected chi connectivity index (χ3v) is 4.93. The van der Waals surface area contributed by atoms with Gasteiger partial charge in [0.15, 0.2) is 0 Å². The van der Waals surface area contributed by atoms with Gasteiger partial charge in [0.25, 0.3) is 0 Å². The van der Waals surface area contributed by atoms with Crippen molar-refractivity contribution < 1.29 is 33.9 Å². The Kier molecular flexibility index (Phi) is 11.2. The monoisotopic (exact) mass is 423 g/mol. The lowest BCUT2D eigenvalue weighted by Gasteiger charge is -2.14. The van der Waals surface area contributed by atoms with Crippen molar-refractivity contribution in [3.8, 4) is 5.75 Å². The summed E-state index contributed by atoms with van der Waals surface area (Å²) in [6, 6.07) is 17.1. The van der Waals surface area contributed by atoms with Crippen LogP contribution in [0.5, 0.6) is 5.75 Å². The number of carbonyl (C=O) groups is 2. The van der Waals surface area contributed by atoms with Crippen LogP contribution in [0.4, 0.5) is 0 Å². The highest BCUT2D eigenvalue weighted by Crippen LogP contribution is 2.16. The summed E-state index contributed by atoms with van der Waals surface area (Å²) in [6.45, 7) is 3.21. The predicted molar refractivity (Wildman–Crippen MR) is 109 cm³/mol. The highest BCUT2D eigenvalue weighted by molar-refractivity contribution is 7.85. The number of carboxylic acid groups (broad SMARTS) is 2. The molecule has 0 heterocycles. The molecule has 2 rings (SSSR count). The molecule has 0 aliphatic carbocycles. The Bertz CT molecular complexity index is 786. The van der Waals surface area contributed by atoms with Gasteiger partial charge in [0.05, 0.1) is 10.8 Å². The molecule has 0 saturated heterocycles. The lowest BCUT2D eigenvalue weighted by molar-refractivity contribution is -0.159. The van der Waals surface area contributed by atoms with Crippen molar-refractivity contribution in [2.45, 2.75) is 17.9 Å². The van der Waals surface area contributed by atoms with Crippen LogP contribution >= 0.6 is 0 Å². The molecule has 2 aromatic rings. The van der Waals surface area contributed by atoms with E-state index in [9.17, 15) is 9.32 Å². The molecule has 0 aliphatic heterocycles. The zero-order valence-corrected chi connectivity index (χ0v) is 16.8. The summed E-state index contributed by atoms with van der Waals surface area (Å²) >= 11 is 0. The van der Waals surface area contributed by atoms with Crippen molar-refractivity contribution in [3.63, 3.8) is 0 Å². The van der Waals surface area contributed by atoms with E-state index >= 15 is 0 Å². The molecule has 8 nitrogen and oxygen atoms in total. The Hall–Kier alpha value is -2.75. The first-order chi connectivity index (χ1) is 13.8. The van der Waals surface area contributed by atoms with Crippen LogP contribution in [-0.4, -0.2) is 63.0 Å². The summed E-state index contributed by atoms with van der Waals surface area (Å²) in [6.07, 6.45) is -0.597. The number of benzene rings is 2. The van der Waals surface area contributed by atoms with E-state index in [1.807, 2.05) is 61.5 Å². The molecule has 158 valence electrons. The highest BCUT2D eigenvalue weighted by Gasteiger charge is 2.07. The van der Waals surface area contributed by atoms with Gasteiger partial charge >= 0.3 is 11.9 Å². The Morgan fingerprint density at radius 3 is 2.21 bits per heavy atom. The Labute approximate surface area is 171 Å². The second-order valence-electron chi connectivity index (χ2n) is 5.91. The van der Waals surface area contributed by atoms with Crippen LogP contribution in [0.3, 0.4) is 0 Å². The van der Waals surface area contributed by atoms with E-state index in [2.05, 4.69) is 5.32 Å². The lowest BCUT2D eigenvalue weighted by Crippen LogP contribution is -2.33. The van der Waals surface area contributed by atoms with Crippen molar-refractivity contribution in [1.82, 2.24) is 5.32 Å². The molecule has 0 fully saturated rings. The molecule has 0 aliphatic rings. The molecule has 2 atom stereocenters. The van der Waals surface area contributed by atoms with Crippen molar-refractivity contribution in [2.75, 3.05) is 25.4 Å². The molecule has 4 N–H and O–H groups in total. The van der Waals surface area contributed by atoms with Gasteiger partial charge in [0.2, 0.25) is 0 Å². The van der Waals surface area contributed by atoms with Crippen LogP contribution in [0.15, 0.2) is 59.5 Å². The summed E-state index contributed by atoms with van der Waals surface area (Å²) in [4.78, 5) is 19.0. The second-order valence-corrected chi connectivity index (χ2v) is 7.48. The number of ether oxygens (including phenoxy) is 1. The fraction of sp³-hybridized carbons (Fsp3) is 0.300. The molecule has 0 radical (unpaired) electrons. The number of para-hydroxylation sites is 1. The number of aliphatic hydroxyl groups excluding tert-OH is 1. The first-order valence-electron chi connectivity index (χ1n) is 8.78. The molecule has 2 unspecified atom stereocenters. The van der Waals surface area contributed by atoms with Crippen molar-refractivity contribution in [2.24, 2.45) is 0 Å². The molecule has 2 aromatic carbocycles. The average molecular weight is 423 g/mol. The van der Waals surface area contributed by atoms with Crippen molar-refractivity contribution in [3.05, 3.63) is 60.2 Å². The zero-order valence-electron chi connectivity index (χ0n) is 16.0. The lowest BCUT2D eigenvalue weighted by atomic mass is 10.2. The molecule has 0 aromatic heterocycles. The molecular weight excluding hydrogens is 398 g/mol. The SMILES string of the molecule is Cc1ccccc1OCC(O)CNCCS(=O)c1ccccc1.O=C(O)C(=O)O. The molecule has 29 heavy (non-hydrogen) atoms. The maximum absolute atomic E-state index is 12.0. The third-order valence-electron chi connectivity index (χ3n) is 3.56. The van der Waals surface area contributed by atoms with Gasteiger partial charge in [-0.25, -0.2) is 9.59 Å². The van der Waals surface area contributed by atoms with Gasteiger partial charge in [0.1, 0.15) is 18.5 Å². The maximum atomic E-state index is 12.0. The number of nitrogens with one attached hydrogen (secondary N) is 1. The smallest absolute Gasteiger partial charge is 0.414 e. The summed E-state index contributed by atoms with van der Waals surface area (Å²) < 4.78 is 17.6. The van der Waals surface area contributed by atoms with Gasteiger partial charge in [0, 0.05) is 23.7 Å². The van der Waals surface area contributed by atoms with Gasteiger partial charge in [-0.05, 0) is 30.7 Å². The minimum atomic E-state index is -1.82. The number of hydrogen-bond acceptors (Lipinski definition) is 6. The van der Waals surface area contributed by atoms with Crippen LogP contribution in [0, 0.1) is 6.92 Å². The zero-order chi connectivity index (χ0) is 21.6. The fourth-order valence-electron chi connectivity index (χ4n) is 2.09. The van der Waals surface area contributed by atoms with Crippen LogP contribution in [0.1, 0.15) is 5.56 Å². The minimum absolute atomic E-state index is 0.236. The molecule has 0 spiro atoms. The Morgan fingerprint density at radius 1 is 1.03 bits per heavy atom. The molecule has 9 heteroatoms. The molecule has 0 amide bonds. The summed E-state index contributed by atoms with van der Waals surface area (Å²) in [5, 5.41) is 27.8. The average Bonchev–Trinajstić information content (AvgIpc) is 2.71. The number of aliphatic carboxylic acids is 2. The van der Waals surface area contributed by atoms with Crippen LogP contribution in [0.2, 0.25) is 0 Å². The largest absolute Gasteiger partial charge is 0.491 e. The topological polar surface area (TPSA) is 133 Å². The fourth-order valence-corrected chi connectivity index (χ4v) is 3.11. The number of aliphatic hydroxyl groups is 1. The Morgan fingerprint density at radius 2 is 1.62 bits per heavy atom. The van der Waals surface area contributed by atoms with E-state index in [4.69, 9.17) is 24.5 Å². The molecule has 0 saturated carbocycles. The number of carboxylic acids is 2. The first-order valence-corrected chi connectivity index (χ1v) is 10.1. The third kappa shape index (κ3) is 10.4. The quantitative estimate of drug-likeness (QED) is 0.350. The van der Waals surface area contributed by atoms with Crippen molar-refractivity contribution >= 4 is 22.7 Å². The van der Waals surface area contributed by atoms with Gasteiger partial charge in [-0.3, -0.25) is 4.21 Å². The van der Waals surface area contributed by atoms with E-state index in [1.54, 1.807) is 0 Å². The van der Waals surface area contributed by atoms with E-state index in [0.29, 0.717) is 18.8 Å². The predicted octanol–water partition coefficient (Wildman–Crippen LogP) is 1.29. The molecule has 0 bridgehead atoms. The number of aryl methyl sites for hydroxylation is 1. The van der Waals surface area contributed by atoms with E-state index in [0.717, 1.165) is 16.2 Å². The minimum Gasteiger partial charge on any atom is -0.491 e. The summed E-state index contributed by atoms with van der Waals surface area (Å²) in [5.74, 6) is -2.34. The van der Waals surface area contributed by atoms with Crippen LogP contribution in [-0.2, 0) is 20.4 Å². The first kappa shape index (κ1) is 24.3. The van der Waals surface area contributed by atoms with E-state index < -0.39 is 28.8 Å². The molecular formula is C20H25NO7S. The van der Waals surface area contributed by atoms with Crippen LogP contribution < -0.4 is 10.1 Å². The van der Waals surface area contributed by atoms with Gasteiger partial charge in [-0.1, -0.05) is 36.4 Å². The van der Waals surface area contributed by atoms with Gasteiger partial charge in [-0.2, -0.15) is 0 Å². The van der Waals surface area contributed by atoms with E-state index in [-0.39, 0.29) is 6.61 Å². The summed E-state index contributed by atoms with van der Waals surface area (Å²) in [5.41, 5.74) is 1.05. The standard InChI is InChI=1S/C18H23NO3S.C2H2O4/c1-15-7-5-6-10-18(15)22-14-16(20)13-19-11-12-23(21)17-8-3-2-4-9-17;3-1(4)2(5)6/h2-10,16,19-20H,11-14H2,1H3;(H,3,4)(H,5,6). The number of hydrogen-bond donors (Lipinski definition) is 4. The van der Waals surface area contributed by atoms with Gasteiger partial charge < -0.3 is 25.4 Å². The summed E-state index contributed by atoms with van der Waals surface area (Å²) in [7, 11) is -1.01. The van der Waals surface area contributed by atoms with Crippen molar-refractivity contribution in [1.29, 1.82) is 0 Å². The normalized spacial score (nSPS) is 12.2.